The molecule has 86 valence electrons. The Balaban J connectivity index is 2.62. The average molecular weight is 226 g/mol. The Hall–Kier alpha value is -0.410. The third-order valence-corrected chi connectivity index (χ3v) is 3.93. The van der Waals surface area contributed by atoms with Crippen LogP contribution in [0.2, 0.25) is 0 Å². The van der Waals surface area contributed by atoms with Crippen LogP contribution in [0.5, 0.6) is 0 Å². The third-order valence-electron chi connectivity index (χ3n) is 2.68. The molecule has 1 aromatic heterocycles. The van der Waals surface area contributed by atoms with E-state index in [1.807, 2.05) is 11.3 Å². The molecule has 1 rings (SSSR count). The summed E-state index contributed by atoms with van der Waals surface area (Å²) in [4.78, 5) is 6.06. The zero-order valence-electron chi connectivity index (χ0n) is 10.3. The number of nitrogens with one attached hydrogen (secondary N) is 1. The van der Waals surface area contributed by atoms with Crippen molar-refractivity contribution in [3.05, 3.63) is 15.6 Å². The van der Waals surface area contributed by atoms with Crippen molar-refractivity contribution >= 4 is 11.3 Å². The lowest BCUT2D eigenvalue weighted by molar-refractivity contribution is 0.535. The van der Waals surface area contributed by atoms with E-state index in [0.29, 0.717) is 6.04 Å². The normalized spacial score (nSPS) is 13.1. The fourth-order valence-corrected chi connectivity index (χ4v) is 2.46. The minimum absolute atomic E-state index is 0.599. The Bertz CT molecular complexity index is 294. The first-order chi connectivity index (χ1) is 7.21. The van der Waals surface area contributed by atoms with Crippen molar-refractivity contribution in [2.75, 3.05) is 0 Å². The number of rotatable bonds is 6. The van der Waals surface area contributed by atoms with Crippen molar-refractivity contribution in [3.8, 4) is 0 Å². The molecule has 1 atom stereocenters. The van der Waals surface area contributed by atoms with Gasteiger partial charge in [-0.1, -0.05) is 20.8 Å². The number of aromatic nitrogens is 1. The molecule has 0 amide bonds. The second-order valence-electron chi connectivity index (χ2n) is 3.87. The van der Waals surface area contributed by atoms with Gasteiger partial charge in [0, 0.05) is 17.5 Å². The van der Waals surface area contributed by atoms with Gasteiger partial charge in [-0.05, 0) is 26.2 Å². The summed E-state index contributed by atoms with van der Waals surface area (Å²) < 4.78 is 0. The van der Waals surface area contributed by atoms with E-state index < -0.39 is 0 Å². The topological polar surface area (TPSA) is 24.9 Å². The maximum atomic E-state index is 4.63. The van der Waals surface area contributed by atoms with Crippen LogP contribution in [-0.4, -0.2) is 11.0 Å². The standard InChI is InChI=1S/C12H22N2S/c1-5-9(4)13-8-11-10(6-2)14-12(7-3)15-11/h9,13H,5-8H2,1-4H3. The molecule has 0 saturated heterocycles. The first kappa shape index (κ1) is 12.7. The van der Waals surface area contributed by atoms with Crippen molar-refractivity contribution in [2.24, 2.45) is 0 Å². The minimum Gasteiger partial charge on any atom is -0.309 e. The summed E-state index contributed by atoms with van der Waals surface area (Å²) in [5.74, 6) is 0. The maximum absolute atomic E-state index is 4.63. The van der Waals surface area contributed by atoms with Crippen LogP contribution in [0.3, 0.4) is 0 Å². The molecule has 3 heteroatoms. The summed E-state index contributed by atoms with van der Waals surface area (Å²) in [5.41, 5.74) is 1.28. The Kier molecular flexibility index (Phi) is 5.26. The molecular weight excluding hydrogens is 204 g/mol. The second kappa shape index (κ2) is 6.23. The van der Waals surface area contributed by atoms with Crippen molar-refractivity contribution in [1.29, 1.82) is 0 Å². The summed E-state index contributed by atoms with van der Waals surface area (Å²) in [7, 11) is 0. The largest absolute Gasteiger partial charge is 0.309 e. The summed E-state index contributed by atoms with van der Waals surface area (Å²) in [6.07, 6.45) is 3.29. The van der Waals surface area contributed by atoms with E-state index in [-0.39, 0.29) is 0 Å². The molecule has 0 bridgehead atoms. The Morgan fingerprint density at radius 1 is 1.27 bits per heavy atom. The van der Waals surface area contributed by atoms with Gasteiger partial charge in [0.15, 0.2) is 0 Å². The number of nitrogens with zero attached hydrogens (tertiary/aromatic N) is 1. The molecule has 0 spiro atoms. The lowest BCUT2D eigenvalue weighted by atomic mass is 10.2. The van der Waals surface area contributed by atoms with Crippen LogP contribution >= 0.6 is 11.3 Å². The van der Waals surface area contributed by atoms with Gasteiger partial charge in [-0.25, -0.2) is 4.98 Å². The van der Waals surface area contributed by atoms with Gasteiger partial charge >= 0.3 is 0 Å². The monoisotopic (exact) mass is 226 g/mol. The molecule has 1 unspecified atom stereocenters. The van der Waals surface area contributed by atoms with E-state index in [0.717, 1.165) is 19.4 Å². The zero-order valence-corrected chi connectivity index (χ0v) is 11.1. The summed E-state index contributed by atoms with van der Waals surface area (Å²) in [6.45, 7) is 9.77. The van der Waals surface area contributed by atoms with E-state index in [1.165, 1.54) is 22.0 Å². The highest BCUT2D eigenvalue weighted by molar-refractivity contribution is 7.11. The number of aryl methyl sites for hydroxylation is 2. The van der Waals surface area contributed by atoms with Gasteiger partial charge in [0.05, 0.1) is 10.7 Å². The van der Waals surface area contributed by atoms with Gasteiger partial charge in [0.1, 0.15) is 0 Å². The number of hydrogen-bond acceptors (Lipinski definition) is 3. The first-order valence-electron chi connectivity index (χ1n) is 5.92. The molecule has 1 N–H and O–H groups in total. The molecule has 0 aliphatic heterocycles. The lowest BCUT2D eigenvalue weighted by Gasteiger charge is -2.10. The quantitative estimate of drug-likeness (QED) is 0.806. The van der Waals surface area contributed by atoms with Crippen LogP contribution in [0.25, 0.3) is 0 Å². The van der Waals surface area contributed by atoms with E-state index in [9.17, 15) is 0 Å². The molecule has 0 aromatic carbocycles. The van der Waals surface area contributed by atoms with Gasteiger partial charge in [-0.3, -0.25) is 0 Å². The van der Waals surface area contributed by atoms with Gasteiger partial charge < -0.3 is 5.32 Å². The Labute approximate surface area is 97.1 Å². The van der Waals surface area contributed by atoms with Crippen LogP contribution in [0.1, 0.15) is 49.7 Å². The van der Waals surface area contributed by atoms with Gasteiger partial charge in [-0.2, -0.15) is 0 Å². The SMILES string of the molecule is CCc1nc(CC)c(CNC(C)CC)s1. The third kappa shape index (κ3) is 3.58. The van der Waals surface area contributed by atoms with E-state index in [2.05, 4.69) is 38.0 Å². The molecule has 1 aromatic rings. The van der Waals surface area contributed by atoms with E-state index in [4.69, 9.17) is 0 Å². The molecular formula is C12H22N2S. The lowest BCUT2D eigenvalue weighted by Crippen LogP contribution is -2.24. The molecule has 0 radical (unpaired) electrons. The predicted octanol–water partition coefficient (Wildman–Crippen LogP) is 3.16. The summed E-state index contributed by atoms with van der Waals surface area (Å²) in [6, 6.07) is 0.599. The highest BCUT2D eigenvalue weighted by atomic mass is 32.1. The Morgan fingerprint density at radius 3 is 2.53 bits per heavy atom. The van der Waals surface area contributed by atoms with E-state index in [1.54, 1.807) is 0 Å². The van der Waals surface area contributed by atoms with Crippen LogP contribution in [0, 0.1) is 0 Å². The first-order valence-corrected chi connectivity index (χ1v) is 6.73. The Morgan fingerprint density at radius 2 is 2.00 bits per heavy atom. The summed E-state index contributed by atoms with van der Waals surface area (Å²) in [5, 5.41) is 4.80. The van der Waals surface area contributed by atoms with Gasteiger partial charge in [0.25, 0.3) is 0 Å². The fraction of sp³-hybridized carbons (Fsp3) is 0.750. The van der Waals surface area contributed by atoms with Gasteiger partial charge in [0.2, 0.25) is 0 Å². The van der Waals surface area contributed by atoms with Crippen molar-refractivity contribution in [1.82, 2.24) is 10.3 Å². The van der Waals surface area contributed by atoms with E-state index >= 15 is 0 Å². The van der Waals surface area contributed by atoms with Crippen LogP contribution in [0.15, 0.2) is 0 Å². The smallest absolute Gasteiger partial charge is 0.0928 e. The van der Waals surface area contributed by atoms with Crippen LogP contribution < -0.4 is 5.32 Å². The molecule has 0 aliphatic rings. The maximum Gasteiger partial charge on any atom is 0.0928 e. The molecule has 0 fully saturated rings. The van der Waals surface area contributed by atoms with Crippen LogP contribution in [-0.2, 0) is 19.4 Å². The van der Waals surface area contributed by atoms with Crippen molar-refractivity contribution in [3.63, 3.8) is 0 Å². The highest BCUT2D eigenvalue weighted by Crippen LogP contribution is 2.19. The molecule has 2 nitrogen and oxygen atoms in total. The van der Waals surface area contributed by atoms with Crippen molar-refractivity contribution in [2.45, 2.75) is 59.5 Å². The summed E-state index contributed by atoms with van der Waals surface area (Å²) >= 11 is 1.86. The molecule has 1 heterocycles. The second-order valence-corrected chi connectivity index (χ2v) is 5.04. The zero-order chi connectivity index (χ0) is 11.3. The molecule has 15 heavy (non-hydrogen) atoms. The highest BCUT2D eigenvalue weighted by Gasteiger charge is 2.09. The minimum atomic E-state index is 0.599. The van der Waals surface area contributed by atoms with Gasteiger partial charge in [-0.15, -0.1) is 11.3 Å². The number of hydrogen-bond donors (Lipinski definition) is 1. The van der Waals surface area contributed by atoms with Crippen LogP contribution in [0.4, 0.5) is 0 Å². The fourth-order valence-electron chi connectivity index (χ4n) is 1.41. The average Bonchev–Trinajstić information content (AvgIpc) is 2.68. The predicted molar refractivity (Wildman–Crippen MR) is 67.5 cm³/mol. The molecule has 0 aliphatic carbocycles. The van der Waals surface area contributed by atoms with Crippen molar-refractivity contribution < 1.29 is 0 Å². The number of thiazole rings is 1. The molecule has 0 saturated carbocycles.